The predicted molar refractivity (Wildman–Crippen MR) is 141 cm³/mol. The Bertz CT molecular complexity index is 1320. The molecule has 0 bridgehead atoms. The number of carbonyl (C=O) groups excluding carboxylic acids is 2. The Hall–Kier alpha value is -4.32. The van der Waals surface area contributed by atoms with Crippen molar-refractivity contribution in [3.8, 4) is 28.5 Å². The minimum atomic E-state index is -0.660. The Morgan fingerprint density at radius 3 is 2.63 bits per heavy atom. The third kappa shape index (κ3) is 6.71. The molecule has 0 unspecified atom stereocenters. The van der Waals surface area contributed by atoms with Gasteiger partial charge in [-0.3, -0.25) is 10.3 Å². The van der Waals surface area contributed by atoms with Crippen molar-refractivity contribution >= 4 is 23.6 Å². The van der Waals surface area contributed by atoms with Crippen LogP contribution in [0.2, 0.25) is 0 Å². The Balaban J connectivity index is 1.63. The molecular formula is C26H31N7O5. The topological polar surface area (TPSA) is 160 Å². The van der Waals surface area contributed by atoms with Crippen molar-refractivity contribution in [3.05, 3.63) is 42.4 Å². The van der Waals surface area contributed by atoms with E-state index >= 15 is 0 Å². The second kappa shape index (κ2) is 11.4. The number of pyridine rings is 2. The number of hydrogen-bond acceptors (Lipinski definition) is 9. The zero-order valence-electron chi connectivity index (χ0n) is 21.7. The maximum absolute atomic E-state index is 12.5. The van der Waals surface area contributed by atoms with E-state index in [1.165, 1.54) is 13.3 Å². The number of ether oxygens (including phenoxy) is 2. The van der Waals surface area contributed by atoms with Gasteiger partial charge in [0.2, 0.25) is 5.88 Å². The molecular weight excluding hydrogens is 490 g/mol. The van der Waals surface area contributed by atoms with E-state index in [4.69, 9.17) is 9.72 Å². The molecule has 1 saturated carbocycles. The summed E-state index contributed by atoms with van der Waals surface area (Å²) in [5.74, 6) is 0.793. The van der Waals surface area contributed by atoms with Crippen molar-refractivity contribution in [2.45, 2.75) is 39.7 Å². The Kier molecular flexibility index (Phi) is 8.01. The smallest absolute Gasteiger partial charge is 0.412 e. The maximum Gasteiger partial charge on any atom is 0.412 e. The fourth-order valence-electron chi connectivity index (χ4n) is 4.30. The second-order valence-electron chi connectivity index (χ2n) is 9.76. The molecule has 3 aromatic rings. The molecule has 12 heteroatoms. The molecule has 1 aliphatic rings. The molecule has 4 N–H and O–H groups in total. The number of aromatic nitrogens is 4. The fraction of sp³-hybridized carbons (Fsp3) is 0.385. The quantitative estimate of drug-likeness (QED) is 0.346. The van der Waals surface area contributed by atoms with Gasteiger partial charge in [0.15, 0.2) is 5.82 Å². The highest BCUT2D eigenvalue weighted by molar-refractivity contribution is 5.90. The van der Waals surface area contributed by atoms with E-state index in [9.17, 15) is 14.7 Å². The van der Waals surface area contributed by atoms with E-state index in [1.54, 1.807) is 30.5 Å². The molecule has 0 spiro atoms. The van der Waals surface area contributed by atoms with E-state index < -0.39 is 6.09 Å². The maximum atomic E-state index is 12.5. The number of nitrogens with zero attached hydrogens (tertiary/aromatic N) is 4. The molecule has 200 valence electrons. The van der Waals surface area contributed by atoms with Gasteiger partial charge in [0.1, 0.15) is 12.4 Å². The monoisotopic (exact) mass is 521 g/mol. The van der Waals surface area contributed by atoms with E-state index in [0.29, 0.717) is 34.0 Å². The Morgan fingerprint density at radius 1 is 1.13 bits per heavy atom. The molecule has 0 aliphatic heterocycles. The van der Waals surface area contributed by atoms with Crippen LogP contribution in [0.25, 0.3) is 22.6 Å². The van der Waals surface area contributed by atoms with Gasteiger partial charge in [-0.2, -0.15) is 4.98 Å². The van der Waals surface area contributed by atoms with E-state index in [2.05, 4.69) is 49.5 Å². The van der Waals surface area contributed by atoms with Gasteiger partial charge in [0, 0.05) is 35.1 Å². The highest BCUT2D eigenvalue weighted by Crippen LogP contribution is 2.39. The number of amides is 3. The van der Waals surface area contributed by atoms with Crippen LogP contribution in [0.4, 0.5) is 21.1 Å². The highest BCUT2D eigenvalue weighted by atomic mass is 16.5. The number of aliphatic hydroxyl groups excluding tert-OH is 1. The number of urea groups is 1. The number of carbonyl (C=O) groups is 2. The molecule has 0 aromatic carbocycles. The summed E-state index contributed by atoms with van der Waals surface area (Å²) in [4.78, 5) is 41.8. The van der Waals surface area contributed by atoms with E-state index in [-0.39, 0.29) is 42.4 Å². The van der Waals surface area contributed by atoms with Crippen LogP contribution < -0.4 is 20.7 Å². The summed E-state index contributed by atoms with van der Waals surface area (Å²) in [6.07, 6.45) is 4.30. The van der Waals surface area contributed by atoms with Gasteiger partial charge in [0.25, 0.3) is 0 Å². The largest absolute Gasteiger partial charge is 0.475 e. The summed E-state index contributed by atoms with van der Waals surface area (Å²) in [6, 6.07) is 6.56. The summed E-state index contributed by atoms with van der Waals surface area (Å²) in [5.41, 5.74) is 3.15. The van der Waals surface area contributed by atoms with Crippen LogP contribution in [-0.4, -0.2) is 63.5 Å². The van der Waals surface area contributed by atoms with Crippen LogP contribution >= 0.6 is 0 Å². The van der Waals surface area contributed by atoms with Gasteiger partial charge in [-0.05, 0) is 43.4 Å². The number of aliphatic hydroxyl groups is 1. The zero-order chi connectivity index (χ0) is 27.3. The van der Waals surface area contributed by atoms with Gasteiger partial charge in [-0.25, -0.2) is 19.6 Å². The number of aryl methyl sites for hydroxylation is 1. The van der Waals surface area contributed by atoms with Crippen LogP contribution in [0, 0.1) is 12.3 Å². The highest BCUT2D eigenvalue weighted by Gasteiger charge is 2.36. The van der Waals surface area contributed by atoms with Gasteiger partial charge in [-0.15, -0.1) is 0 Å². The molecule has 0 atom stereocenters. The molecule has 0 radical (unpaired) electrons. The number of hydrogen-bond donors (Lipinski definition) is 4. The van der Waals surface area contributed by atoms with Crippen molar-refractivity contribution in [1.29, 1.82) is 0 Å². The molecule has 0 saturated heterocycles. The lowest BCUT2D eigenvalue weighted by Crippen LogP contribution is -2.49. The van der Waals surface area contributed by atoms with Gasteiger partial charge in [0.05, 0.1) is 31.3 Å². The van der Waals surface area contributed by atoms with E-state index in [1.807, 2.05) is 6.92 Å². The average Bonchev–Trinajstić information content (AvgIpc) is 2.87. The first-order valence-corrected chi connectivity index (χ1v) is 12.1. The first-order valence-electron chi connectivity index (χ1n) is 12.1. The summed E-state index contributed by atoms with van der Waals surface area (Å²) in [6.45, 7) is 6.03. The van der Waals surface area contributed by atoms with Crippen LogP contribution in [0.15, 0.2) is 36.7 Å². The van der Waals surface area contributed by atoms with Crippen LogP contribution in [-0.2, 0) is 4.74 Å². The van der Waals surface area contributed by atoms with Crippen molar-refractivity contribution in [2.24, 2.45) is 5.41 Å². The summed E-state index contributed by atoms with van der Waals surface area (Å²) in [5, 5.41) is 17.6. The molecule has 4 rings (SSSR count). The van der Waals surface area contributed by atoms with Crippen molar-refractivity contribution in [2.75, 3.05) is 31.0 Å². The lowest BCUT2D eigenvalue weighted by molar-refractivity contribution is 0.132. The van der Waals surface area contributed by atoms with Gasteiger partial charge >= 0.3 is 12.1 Å². The zero-order valence-corrected chi connectivity index (χ0v) is 21.7. The minimum Gasteiger partial charge on any atom is -0.475 e. The standard InChI is InChI=1S/C26H31N7O5/c1-15-19(10-17(14-28-15)29-24(35)30-18-12-26(2,3)13-18)20-11-22(38-8-7-34)33-23(31-20)16-5-6-27-21(9-16)32-25(36)37-4/h5-6,9-11,14,18,34H,7-8,12-13H2,1-4H3,(H,27,32,36)(H2,29,30,35). The number of methoxy groups -OCH3 is 1. The van der Waals surface area contributed by atoms with Crippen molar-refractivity contribution in [1.82, 2.24) is 25.3 Å². The number of anilines is 2. The predicted octanol–water partition coefficient (Wildman–Crippen LogP) is 3.77. The fourth-order valence-corrected chi connectivity index (χ4v) is 4.30. The minimum absolute atomic E-state index is 0.0400. The Morgan fingerprint density at radius 2 is 1.92 bits per heavy atom. The second-order valence-corrected chi connectivity index (χ2v) is 9.76. The third-order valence-electron chi connectivity index (χ3n) is 6.03. The van der Waals surface area contributed by atoms with Gasteiger partial charge in [-0.1, -0.05) is 13.8 Å². The molecule has 38 heavy (non-hydrogen) atoms. The van der Waals surface area contributed by atoms with Crippen LogP contribution in [0.3, 0.4) is 0 Å². The number of rotatable bonds is 8. The van der Waals surface area contributed by atoms with Crippen LogP contribution in [0.5, 0.6) is 5.88 Å². The SMILES string of the molecule is COC(=O)Nc1cc(-c2nc(OCCO)cc(-c3cc(NC(=O)NC4CC(C)(C)C4)cnc3C)n2)ccn1. The first-order chi connectivity index (χ1) is 18.2. The Labute approximate surface area is 220 Å². The van der Waals surface area contributed by atoms with Crippen molar-refractivity contribution in [3.63, 3.8) is 0 Å². The number of nitrogens with one attached hydrogen (secondary N) is 3. The molecule has 3 heterocycles. The lowest BCUT2D eigenvalue weighted by atomic mass is 9.68. The molecule has 1 aliphatic carbocycles. The van der Waals surface area contributed by atoms with Gasteiger partial charge < -0.3 is 25.2 Å². The van der Waals surface area contributed by atoms with E-state index in [0.717, 1.165) is 12.8 Å². The van der Waals surface area contributed by atoms with Crippen molar-refractivity contribution < 1.29 is 24.2 Å². The molecule has 3 amide bonds. The molecule has 12 nitrogen and oxygen atoms in total. The first kappa shape index (κ1) is 26.7. The average molecular weight is 522 g/mol. The molecule has 3 aromatic heterocycles. The molecule has 1 fully saturated rings. The van der Waals surface area contributed by atoms with Crippen LogP contribution in [0.1, 0.15) is 32.4 Å². The lowest BCUT2D eigenvalue weighted by Gasteiger charge is -2.42. The normalized spacial score (nSPS) is 14.2. The third-order valence-corrected chi connectivity index (χ3v) is 6.03. The summed E-state index contributed by atoms with van der Waals surface area (Å²) in [7, 11) is 1.26. The summed E-state index contributed by atoms with van der Waals surface area (Å²) < 4.78 is 10.2. The summed E-state index contributed by atoms with van der Waals surface area (Å²) >= 11 is 0.